The molecule has 0 radical (unpaired) electrons. The minimum absolute atomic E-state index is 0.0173. The molecule has 0 bridgehead atoms. The Morgan fingerprint density at radius 2 is 1.88 bits per heavy atom. The fraction of sp³-hybridized carbons (Fsp3) is 0.176. The Morgan fingerprint density at radius 1 is 1.21 bits per heavy atom. The zero-order valence-electron chi connectivity index (χ0n) is 13.1. The first-order valence-corrected chi connectivity index (χ1v) is 8.40. The minimum Gasteiger partial charge on any atom is -0.272 e. The Labute approximate surface area is 144 Å². The first-order valence-electron chi connectivity index (χ1n) is 7.24. The van der Waals surface area contributed by atoms with Gasteiger partial charge in [-0.15, -0.1) is 11.8 Å². The van der Waals surface area contributed by atoms with E-state index in [1.54, 1.807) is 12.1 Å². The Kier molecular flexibility index (Phi) is 6.51. The van der Waals surface area contributed by atoms with Crippen LogP contribution in [0, 0.1) is 17.0 Å². The van der Waals surface area contributed by atoms with Crippen LogP contribution in [0.3, 0.4) is 0 Å². The van der Waals surface area contributed by atoms with Gasteiger partial charge in [-0.05, 0) is 30.2 Å². The van der Waals surface area contributed by atoms with Crippen LogP contribution in [-0.4, -0.2) is 22.8 Å². The van der Waals surface area contributed by atoms with Crippen LogP contribution in [0.2, 0.25) is 0 Å². The van der Waals surface area contributed by atoms with E-state index in [9.17, 15) is 14.9 Å². The number of nitrogens with one attached hydrogen (secondary N) is 1. The van der Waals surface area contributed by atoms with Crippen LogP contribution < -0.4 is 5.43 Å². The summed E-state index contributed by atoms with van der Waals surface area (Å²) in [5.41, 5.74) is 5.52. The summed E-state index contributed by atoms with van der Waals surface area (Å²) < 4.78 is 0. The van der Waals surface area contributed by atoms with Crippen LogP contribution in [0.25, 0.3) is 0 Å². The fourth-order valence-corrected chi connectivity index (χ4v) is 2.62. The quantitative estimate of drug-likeness (QED) is 0.475. The maximum atomic E-state index is 11.7. The Morgan fingerprint density at radius 3 is 2.50 bits per heavy atom. The molecule has 0 saturated heterocycles. The minimum atomic E-state index is -0.464. The van der Waals surface area contributed by atoms with Gasteiger partial charge in [0.25, 0.3) is 5.69 Å². The zero-order valence-corrected chi connectivity index (χ0v) is 14.0. The Balaban J connectivity index is 1.72. The van der Waals surface area contributed by atoms with Gasteiger partial charge in [0.15, 0.2) is 0 Å². The number of rotatable bonds is 7. The van der Waals surface area contributed by atoms with Crippen molar-refractivity contribution in [2.75, 3.05) is 5.75 Å². The molecule has 124 valence electrons. The second kappa shape index (κ2) is 8.83. The van der Waals surface area contributed by atoms with E-state index in [0.29, 0.717) is 11.3 Å². The van der Waals surface area contributed by atoms with Crippen molar-refractivity contribution in [3.8, 4) is 0 Å². The molecule has 0 aliphatic carbocycles. The van der Waals surface area contributed by atoms with Gasteiger partial charge >= 0.3 is 0 Å². The molecule has 24 heavy (non-hydrogen) atoms. The molecule has 2 aromatic rings. The van der Waals surface area contributed by atoms with Crippen molar-refractivity contribution in [3.05, 3.63) is 75.3 Å². The lowest BCUT2D eigenvalue weighted by atomic mass is 10.2. The summed E-state index contributed by atoms with van der Waals surface area (Å²) in [7, 11) is 0. The van der Waals surface area contributed by atoms with Gasteiger partial charge in [-0.2, -0.15) is 5.10 Å². The predicted molar refractivity (Wildman–Crippen MR) is 96.2 cm³/mol. The molecule has 1 amide bonds. The summed E-state index contributed by atoms with van der Waals surface area (Å²) >= 11 is 1.51. The number of thioether (sulfide) groups is 1. The van der Waals surface area contributed by atoms with Crippen LogP contribution in [0.1, 0.15) is 16.7 Å². The average molecular weight is 343 g/mol. The van der Waals surface area contributed by atoms with E-state index in [4.69, 9.17) is 0 Å². The molecule has 0 atom stereocenters. The van der Waals surface area contributed by atoms with Gasteiger partial charge in [0, 0.05) is 17.9 Å². The highest BCUT2D eigenvalue weighted by Gasteiger charge is 2.03. The lowest BCUT2D eigenvalue weighted by Crippen LogP contribution is -2.19. The Hall–Kier alpha value is -2.67. The molecule has 0 aromatic heterocycles. The van der Waals surface area contributed by atoms with Gasteiger partial charge in [0.05, 0.1) is 16.9 Å². The van der Waals surface area contributed by atoms with Crippen molar-refractivity contribution in [1.29, 1.82) is 0 Å². The number of hydrogen-bond acceptors (Lipinski definition) is 5. The number of carbonyl (C=O) groups is 1. The van der Waals surface area contributed by atoms with Gasteiger partial charge in [0.2, 0.25) is 5.91 Å². The maximum Gasteiger partial charge on any atom is 0.269 e. The number of nitrogens with zero attached hydrogens (tertiary/aromatic N) is 2. The maximum absolute atomic E-state index is 11.7. The smallest absolute Gasteiger partial charge is 0.269 e. The van der Waals surface area contributed by atoms with Crippen LogP contribution >= 0.6 is 11.8 Å². The zero-order chi connectivity index (χ0) is 17.4. The number of benzene rings is 2. The molecular formula is C17H17N3O3S. The fourth-order valence-electron chi connectivity index (χ4n) is 1.84. The molecule has 0 saturated carbocycles. The van der Waals surface area contributed by atoms with E-state index in [2.05, 4.69) is 10.5 Å². The molecule has 1 N–H and O–H groups in total. The molecule has 0 spiro atoms. The van der Waals surface area contributed by atoms with Gasteiger partial charge in [0.1, 0.15) is 0 Å². The normalized spacial score (nSPS) is 10.7. The van der Waals surface area contributed by atoms with Crippen LogP contribution in [0.5, 0.6) is 0 Å². The van der Waals surface area contributed by atoms with E-state index < -0.39 is 4.92 Å². The lowest BCUT2D eigenvalue weighted by molar-refractivity contribution is -0.384. The van der Waals surface area contributed by atoms with Crippen molar-refractivity contribution in [2.24, 2.45) is 5.10 Å². The molecule has 7 heteroatoms. The molecule has 2 aromatic carbocycles. The molecule has 2 rings (SSSR count). The number of hydrogen-bond donors (Lipinski definition) is 1. The standard InChI is InChI=1S/C17H17N3O3S/c1-13-2-4-15(5-3-13)11-24-12-17(21)19-18-10-14-6-8-16(9-7-14)20(22)23/h2-10H,11-12H2,1H3,(H,19,21)/b18-10-. The number of carbonyl (C=O) groups excluding carboxylic acids is 1. The summed E-state index contributed by atoms with van der Waals surface area (Å²) in [6.07, 6.45) is 1.45. The second-order valence-corrected chi connectivity index (χ2v) is 6.11. The van der Waals surface area contributed by atoms with E-state index in [1.807, 2.05) is 31.2 Å². The number of nitro groups is 1. The van der Waals surface area contributed by atoms with Gasteiger partial charge in [-0.25, -0.2) is 5.43 Å². The van der Waals surface area contributed by atoms with Gasteiger partial charge < -0.3 is 0 Å². The molecular weight excluding hydrogens is 326 g/mol. The number of hydrazone groups is 1. The molecule has 0 heterocycles. The van der Waals surface area contributed by atoms with Gasteiger partial charge in [-0.1, -0.05) is 29.8 Å². The molecule has 0 aliphatic rings. The number of aryl methyl sites for hydroxylation is 1. The number of amides is 1. The van der Waals surface area contributed by atoms with Crippen molar-refractivity contribution in [2.45, 2.75) is 12.7 Å². The number of nitro benzene ring substituents is 1. The highest BCUT2D eigenvalue weighted by atomic mass is 32.2. The van der Waals surface area contributed by atoms with Crippen LogP contribution in [0.15, 0.2) is 53.6 Å². The van der Waals surface area contributed by atoms with Crippen molar-refractivity contribution < 1.29 is 9.72 Å². The second-order valence-electron chi connectivity index (χ2n) is 5.12. The summed E-state index contributed by atoms with van der Waals surface area (Å²) in [4.78, 5) is 21.8. The highest BCUT2D eigenvalue weighted by Crippen LogP contribution is 2.13. The lowest BCUT2D eigenvalue weighted by Gasteiger charge is -2.02. The van der Waals surface area contributed by atoms with E-state index >= 15 is 0 Å². The molecule has 0 fully saturated rings. The summed E-state index contributed by atoms with van der Waals surface area (Å²) in [6.45, 7) is 2.04. The SMILES string of the molecule is Cc1ccc(CSCC(=O)N/N=C\c2ccc([N+](=O)[O-])cc2)cc1. The predicted octanol–water partition coefficient (Wildman–Crippen LogP) is 3.29. The van der Waals surface area contributed by atoms with Gasteiger partial charge in [-0.3, -0.25) is 14.9 Å². The highest BCUT2D eigenvalue weighted by molar-refractivity contribution is 7.99. The third-order valence-corrected chi connectivity index (χ3v) is 4.13. The third-order valence-electron chi connectivity index (χ3n) is 3.13. The monoisotopic (exact) mass is 343 g/mol. The van der Waals surface area contributed by atoms with Crippen LogP contribution in [-0.2, 0) is 10.5 Å². The van der Waals surface area contributed by atoms with Crippen molar-refractivity contribution in [3.63, 3.8) is 0 Å². The molecule has 6 nitrogen and oxygen atoms in total. The summed E-state index contributed by atoms with van der Waals surface area (Å²) in [5, 5.41) is 14.4. The van der Waals surface area contributed by atoms with Crippen molar-refractivity contribution >= 4 is 29.6 Å². The largest absolute Gasteiger partial charge is 0.272 e. The average Bonchev–Trinajstić information content (AvgIpc) is 2.57. The topological polar surface area (TPSA) is 84.6 Å². The van der Waals surface area contributed by atoms with E-state index in [0.717, 1.165) is 5.75 Å². The summed E-state index contributed by atoms with van der Waals surface area (Å²) in [6, 6.07) is 14.1. The molecule has 0 aliphatic heterocycles. The first-order chi connectivity index (χ1) is 11.5. The van der Waals surface area contributed by atoms with E-state index in [-0.39, 0.29) is 11.6 Å². The van der Waals surface area contributed by atoms with Crippen LogP contribution in [0.4, 0.5) is 5.69 Å². The first kappa shape index (κ1) is 17.7. The number of non-ortho nitro benzene ring substituents is 1. The molecule has 0 unspecified atom stereocenters. The van der Waals surface area contributed by atoms with E-state index in [1.165, 1.54) is 41.2 Å². The Bertz CT molecular complexity index is 728. The summed E-state index contributed by atoms with van der Waals surface area (Å²) in [5.74, 6) is 0.885. The van der Waals surface area contributed by atoms with Crippen molar-refractivity contribution in [1.82, 2.24) is 5.43 Å². The third kappa shape index (κ3) is 5.85.